The Morgan fingerprint density at radius 2 is 1.94 bits per heavy atom. The van der Waals surface area contributed by atoms with E-state index in [2.05, 4.69) is 10.2 Å². The third kappa shape index (κ3) is 1.64. The quantitative estimate of drug-likeness (QED) is 0.843. The summed E-state index contributed by atoms with van der Waals surface area (Å²) < 4.78 is 18.8. The van der Waals surface area contributed by atoms with E-state index in [9.17, 15) is 4.39 Å². The van der Waals surface area contributed by atoms with Crippen molar-refractivity contribution >= 4 is 6.01 Å². The van der Waals surface area contributed by atoms with E-state index in [1.807, 2.05) is 0 Å². The van der Waals surface area contributed by atoms with E-state index in [1.165, 1.54) is 6.07 Å². The molecule has 0 unspecified atom stereocenters. The predicted octanol–water partition coefficient (Wildman–Crippen LogP) is 2.12. The molecule has 0 aliphatic carbocycles. The Morgan fingerprint density at radius 1 is 1.25 bits per heavy atom. The van der Waals surface area contributed by atoms with E-state index in [-0.39, 0.29) is 11.8 Å². The predicted molar refractivity (Wildman–Crippen MR) is 57.2 cm³/mol. The van der Waals surface area contributed by atoms with Gasteiger partial charge in [-0.25, -0.2) is 4.39 Å². The number of nitrogens with two attached hydrogens (primary N) is 1. The number of nitrogen functional groups attached to an aromatic ring is 1. The third-order valence-corrected chi connectivity index (χ3v) is 2.52. The standard InChI is InChI=1S/C11H12FN3O/c1-11(2,9-14-15-10(13)16-9)7-5-3-4-6-8(7)12/h3-6H,1-2H3,(H2,13,15). The first kappa shape index (κ1) is 10.6. The summed E-state index contributed by atoms with van der Waals surface area (Å²) in [5.41, 5.74) is 5.16. The van der Waals surface area contributed by atoms with Crippen molar-refractivity contribution in [3.63, 3.8) is 0 Å². The van der Waals surface area contributed by atoms with Crippen molar-refractivity contribution in [2.75, 3.05) is 5.73 Å². The molecule has 5 heteroatoms. The first-order valence-electron chi connectivity index (χ1n) is 4.86. The lowest BCUT2D eigenvalue weighted by molar-refractivity contribution is 0.410. The smallest absolute Gasteiger partial charge is 0.312 e. The molecule has 0 radical (unpaired) electrons. The second kappa shape index (κ2) is 3.59. The molecule has 2 rings (SSSR count). The maximum absolute atomic E-state index is 13.7. The van der Waals surface area contributed by atoms with Gasteiger partial charge in [0, 0.05) is 5.56 Å². The molecule has 0 fully saturated rings. The molecule has 1 aromatic carbocycles. The summed E-state index contributed by atoms with van der Waals surface area (Å²) in [6, 6.07) is 6.48. The summed E-state index contributed by atoms with van der Waals surface area (Å²) in [4.78, 5) is 0. The Hall–Kier alpha value is -1.91. The van der Waals surface area contributed by atoms with E-state index >= 15 is 0 Å². The molecule has 0 bridgehead atoms. The Kier molecular flexibility index (Phi) is 2.38. The first-order chi connectivity index (χ1) is 7.51. The van der Waals surface area contributed by atoms with Crippen LogP contribution < -0.4 is 5.73 Å². The molecule has 0 amide bonds. The van der Waals surface area contributed by atoms with Gasteiger partial charge in [0.2, 0.25) is 5.89 Å². The van der Waals surface area contributed by atoms with Gasteiger partial charge in [0.1, 0.15) is 5.82 Å². The van der Waals surface area contributed by atoms with Crippen molar-refractivity contribution in [3.8, 4) is 0 Å². The van der Waals surface area contributed by atoms with Crippen molar-refractivity contribution in [2.45, 2.75) is 19.3 Å². The van der Waals surface area contributed by atoms with Crippen LogP contribution in [0.25, 0.3) is 0 Å². The van der Waals surface area contributed by atoms with Gasteiger partial charge < -0.3 is 10.2 Å². The molecule has 0 atom stereocenters. The molecule has 2 N–H and O–H groups in total. The fourth-order valence-corrected chi connectivity index (χ4v) is 1.57. The van der Waals surface area contributed by atoms with Crippen LogP contribution in [0.15, 0.2) is 28.7 Å². The van der Waals surface area contributed by atoms with Gasteiger partial charge in [0.15, 0.2) is 0 Å². The number of halogens is 1. The molecular weight excluding hydrogens is 209 g/mol. The van der Waals surface area contributed by atoms with E-state index < -0.39 is 5.41 Å². The van der Waals surface area contributed by atoms with Gasteiger partial charge in [-0.05, 0) is 19.9 Å². The topological polar surface area (TPSA) is 64.9 Å². The number of hydrogen-bond donors (Lipinski definition) is 1. The van der Waals surface area contributed by atoms with E-state index in [4.69, 9.17) is 10.2 Å². The number of benzene rings is 1. The molecular formula is C11H12FN3O. The third-order valence-electron chi connectivity index (χ3n) is 2.52. The Morgan fingerprint density at radius 3 is 2.50 bits per heavy atom. The maximum Gasteiger partial charge on any atom is 0.312 e. The van der Waals surface area contributed by atoms with Gasteiger partial charge in [0.25, 0.3) is 0 Å². The number of nitrogens with zero attached hydrogens (tertiary/aromatic N) is 2. The SMILES string of the molecule is CC(C)(c1nnc(N)o1)c1ccccc1F. The molecule has 2 aromatic rings. The fourth-order valence-electron chi connectivity index (χ4n) is 1.57. The van der Waals surface area contributed by atoms with Gasteiger partial charge in [-0.15, -0.1) is 5.10 Å². The first-order valence-corrected chi connectivity index (χ1v) is 4.86. The lowest BCUT2D eigenvalue weighted by Gasteiger charge is -2.20. The monoisotopic (exact) mass is 221 g/mol. The molecule has 16 heavy (non-hydrogen) atoms. The minimum atomic E-state index is -0.698. The second-order valence-corrected chi connectivity index (χ2v) is 4.05. The maximum atomic E-state index is 13.7. The number of rotatable bonds is 2. The van der Waals surface area contributed by atoms with Crippen LogP contribution in [0.5, 0.6) is 0 Å². The van der Waals surface area contributed by atoms with Crippen molar-refractivity contribution in [1.82, 2.24) is 10.2 Å². The molecule has 0 spiro atoms. The highest BCUT2D eigenvalue weighted by Crippen LogP contribution is 2.32. The molecule has 0 saturated carbocycles. The molecule has 1 heterocycles. The fraction of sp³-hybridized carbons (Fsp3) is 0.273. The summed E-state index contributed by atoms with van der Waals surface area (Å²) in [6.07, 6.45) is 0. The summed E-state index contributed by atoms with van der Waals surface area (Å²) in [6.45, 7) is 3.61. The van der Waals surface area contributed by atoms with Crippen molar-refractivity contribution < 1.29 is 8.81 Å². The van der Waals surface area contributed by atoms with Crippen molar-refractivity contribution in [3.05, 3.63) is 41.5 Å². The zero-order chi connectivity index (χ0) is 11.8. The van der Waals surface area contributed by atoms with Gasteiger partial charge >= 0.3 is 6.01 Å². The molecule has 0 aliphatic rings. The van der Waals surface area contributed by atoms with E-state index in [0.717, 1.165) is 0 Å². The summed E-state index contributed by atoms with van der Waals surface area (Å²) in [7, 11) is 0. The highest BCUT2D eigenvalue weighted by atomic mass is 19.1. The molecule has 4 nitrogen and oxygen atoms in total. The summed E-state index contributed by atoms with van der Waals surface area (Å²) >= 11 is 0. The minimum absolute atomic E-state index is 0.0144. The van der Waals surface area contributed by atoms with Gasteiger partial charge in [0.05, 0.1) is 5.41 Å². The van der Waals surface area contributed by atoms with Crippen LogP contribution in [-0.4, -0.2) is 10.2 Å². The van der Waals surface area contributed by atoms with Gasteiger partial charge in [-0.2, -0.15) is 0 Å². The average molecular weight is 221 g/mol. The van der Waals surface area contributed by atoms with Crippen molar-refractivity contribution in [2.24, 2.45) is 0 Å². The van der Waals surface area contributed by atoms with E-state index in [1.54, 1.807) is 32.0 Å². The molecule has 84 valence electrons. The Bertz CT molecular complexity index is 507. The second-order valence-electron chi connectivity index (χ2n) is 4.05. The zero-order valence-electron chi connectivity index (χ0n) is 9.07. The Labute approximate surface area is 92.3 Å². The summed E-state index contributed by atoms with van der Waals surface area (Å²) in [5, 5.41) is 7.37. The van der Waals surface area contributed by atoms with Crippen LogP contribution >= 0.6 is 0 Å². The minimum Gasteiger partial charge on any atom is -0.407 e. The average Bonchev–Trinajstić information content (AvgIpc) is 2.66. The number of anilines is 1. The zero-order valence-corrected chi connectivity index (χ0v) is 9.07. The normalized spacial score (nSPS) is 11.7. The van der Waals surface area contributed by atoms with E-state index in [0.29, 0.717) is 11.5 Å². The lowest BCUT2D eigenvalue weighted by Crippen LogP contribution is -2.21. The molecule has 1 aromatic heterocycles. The number of aromatic nitrogens is 2. The molecule has 0 saturated heterocycles. The largest absolute Gasteiger partial charge is 0.407 e. The highest BCUT2D eigenvalue weighted by Gasteiger charge is 2.31. The van der Waals surface area contributed by atoms with Crippen LogP contribution in [0, 0.1) is 5.82 Å². The van der Waals surface area contributed by atoms with Crippen LogP contribution in [0.1, 0.15) is 25.3 Å². The molecule has 0 aliphatic heterocycles. The van der Waals surface area contributed by atoms with Crippen LogP contribution in [0.4, 0.5) is 10.4 Å². The van der Waals surface area contributed by atoms with Gasteiger partial charge in [-0.1, -0.05) is 23.3 Å². The van der Waals surface area contributed by atoms with Crippen molar-refractivity contribution in [1.29, 1.82) is 0 Å². The lowest BCUT2D eigenvalue weighted by atomic mass is 9.84. The van der Waals surface area contributed by atoms with Gasteiger partial charge in [-0.3, -0.25) is 0 Å². The summed E-state index contributed by atoms with van der Waals surface area (Å²) in [5.74, 6) is -0.000582. The Balaban J connectivity index is 2.50. The van der Waals surface area contributed by atoms with Crippen LogP contribution in [0.3, 0.4) is 0 Å². The van der Waals surface area contributed by atoms with Crippen LogP contribution in [0.2, 0.25) is 0 Å². The highest BCUT2D eigenvalue weighted by molar-refractivity contribution is 5.31. The van der Waals surface area contributed by atoms with Crippen LogP contribution in [-0.2, 0) is 5.41 Å². The number of hydrogen-bond acceptors (Lipinski definition) is 4.